The van der Waals surface area contributed by atoms with Gasteiger partial charge in [-0.3, -0.25) is 9.59 Å². The van der Waals surface area contributed by atoms with Crippen molar-refractivity contribution < 1.29 is 9.59 Å². The van der Waals surface area contributed by atoms with Crippen molar-refractivity contribution in [1.29, 1.82) is 0 Å². The van der Waals surface area contributed by atoms with Crippen LogP contribution in [0.3, 0.4) is 0 Å². The Hall–Kier alpha value is -4.85. The number of nitrogen functional groups attached to an aromatic ring is 1. The van der Waals surface area contributed by atoms with Crippen LogP contribution in [0.25, 0.3) is 27.9 Å². The quantitative estimate of drug-likeness (QED) is 0.265. The number of anilines is 1. The number of likely N-dealkylation sites (N-methyl/N-ethyl adjacent to an activating group) is 1. The van der Waals surface area contributed by atoms with Gasteiger partial charge in [0.05, 0.1) is 13.1 Å². The van der Waals surface area contributed by atoms with Crippen molar-refractivity contribution in [1.82, 2.24) is 23.9 Å². The zero-order chi connectivity index (χ0) is 29.1. The van der Waals surface area contributed by atoms with Crippen molar-refractivity contribution in [3.05, 3.63) is 102 Å². The molecule has 5 aromatic rings. The first-order chi connectivity index (χ1) is 19.7. The number of fused-ring (bicyclic) bond motifs is 2. The van der Waals surface area contributed by atoms with Gasteiger partial charge in [-0.25, -0.2) is 4.98 Å². The maximum atomic E-state index is 13.0. The lowest BCUT2D eigenvalue weighted by molar-refractivity contribution is -0.130. The SMILES string of the molecule is CN(Cc1cc2ccccc2n1C)C(=O)/C=C/c1cnc(N)c(CCC(=O)N(C)Cc2cc3ccccc3n2C)c1. The molecule has 0 aliphatic rings. The molecule has 3 heterocycles. The van der Waals surface area contributed by atoms with Crippen molar-refractivity contribution in [2.45, 2.75) is 25.9 Å². The molecular weight excluding hydrogens is 512 g/mol. The number of aryl methyl sites for hydroxylation is 3. The molecule has 0 aliphatic carbocycles. The first-order valence-electron chi connectivity index (χ1n) is 13.7. The van der Waals surface area contributed by atoms with Gasteiger partial charge in [0.1, 0.15) is 5.82 Å². The Morgan fingerprint density at radius 1 is 0.854 bits per heavy atom. The highest BCUT2D eigenvalue weighted by Crippen LogP contribution is 2.21. The average Bonchev–Trinajstić information content (AvgIpc) is 3.46. The molecule has 3 aromatic heterocycles. The highest BCUT2D eigenvalue weighted by atomic mass is 16.2. The Morgan fingerprint density at radius 2 is 1.41 bits per heavy atom. The minimum atomic E-state index is -0.112. The van der Waals surface area contributed by atoms with Crippen LogP contribution >= 0.6 is 0 Å². The van der Waals surface area contributed by atoms with Gasteiger partial charge in [-0.05, 0) is 64.7 Å². The number of nitrogens with two attached hydrogens (primary N) is 1. The summed E-state index contributed by atoms with van der Waals surface area (Å²) in [6.07, 6.45) is 5.70. The molecular formula is C33H36N6O2. The topological polar surface area (TPSA) is 89.4 Å². The van der Waals surface area contributed by atoms with Crippen LogP contribution in [0.4, 0.5) is 5.82 Å². The van der Waals surface area contributed by atoms with Gasteiger partial charge in [-0.1, -0.05) is 36.4 Å². The van der Waals surface area contributed by atoms with Crippen molar-refractivity contribution in [2.24, 2.45) is 14.1 Å². The molecule has 0 spiro atoms. The van der Waals surface area contributed by atoms with Crippen LogP contribution in [0.15, 0.2) is 79.0 Å². The standard InChI is InChI=1S/C33H36N6O2/c1-36(21-27-18-24-9-5-7-11-29(24)38(27)3)31(40)15-13-23-17-26(33(34)35-20-23)14-16-32(41)37(2)22-28-19-25-10-6-8-12-30(25)39(28)4/h5-13,15,17-20H,14,16,21-22H2,1-4H3,(H2,34,35)/b15-13+. The summed E-state index contributed by atoms with van der Waals surface area (Å²) in [6, 6.07) is 22.5. The Labute approximate surface area is 240 Å². The van der Waals surface area contributed by atoms with Crippen molar-refractivity contribution in [3.63, 3.8) is 0 Å². The van der Waals surface area contributed by atoms with Gasteiger partial charge >= 0.3 is 0 Å². The molecule has 2 amide bonds. The molecule has 2 N–H and O–H groups in total. The maximum absolute atomic E-state index is 13.0. The number of nitrogens with zero attached hydrogens (tertiary/aromatic N) is 5. The maximum Gasteiger partial charge on any atom is 0.246 e. The lowest BCUT2D eigenvalue weighted by Crippen LogP contribution is -2.27. The van der Waals surface area contributed by atoms with Crippen molar-refractivity contribution in [3.8, 4) is 0 Å². The van der Waals surface area contributed by atoms with Crippen LogP contribution in [-0.2, 0) is 43.2 Å². The van der Waals surface area contributed by atoms with Gasteiger partial charge in [-0.2, -0.15) is 0 Å². The average molecular weight is 549 g/mol. The molecule has 0 bridgehead atoms. The number of carbonyl (C=O) groups is 2. The number of rotatable bonds is 9. The van der Waals surface area contributed by atoms with Crippen LogP contribution in [0, 0.1) is 0 Å². The van der Waals surface area contributed by atoms with Gasteiger partial charge in [0, 0.05) is 69.3 Å². The number of hydrogen-bond donors (Lipinski definition) is 1. The fourth-order valence-corrected chi connectivity index (χ4v) is 5.21. The van der Waals surface area contributed by atoms with E-state index in [0.29, 0.717) is 31.7 Å². The predicted molar refractivity (Wildman–Crippen MR) is 165 cm³/mol. The summed E-state index contributed by atoms with van der Waals surface area (Å²) in [4.78, 5) is 33.5. The minimum absolute atomic E-state index is 0.0285. The van der Waals surface area contributed by atoms with Crippen LogP contribution in [0.5, 0.6) is 0 Å². The third-order valence-electron chi connectivity index (χ3n) is 7.75. The molecule has 0 atom stereocenters. The fourth-order valence-electron chi connectivity index (χ4n) is 5.21. The number of carbonyl (C=O) groups excluding carboxylic acids is 2. The van der Waals surface area contributed by atoms with Gasteiger partial charge in [0.25, 0.3) is 0 Å². The van der Waals surface area contributed by atoms with E-state index in [1.54, 1.807) is 35.2 Å². The van der Waals surface area contributed by atoms with Crippen LogP contribution < -0.4 is 5.73 Å². The third kappa shape index (κ3) is 6.01. The van der Waals surface area contributed by atoms with E-state index >= 15 is 0 Å². The summed E-state index contributed by atoms with van der Waals surface area (Å²) < 4.78 is 4.23. The molecule has 0 unspecified atom stereocenters. The first-order valence-corrected chi connectivity index (χ1v) is 13.7. The first kappa shape index (κ1) is 27.7. The number of para-hydroxylation sites is 2. The van der Waals surface area contributed by atoms with Crippen LogP contribution in [0.2, 0.25) is 0 Å². The van der Waals surface area contributed by atoms with Gasteiger partial charge in [-0.15, -0.1) is 0 Å². The van der Waals surface area contributed by atoms with Gasteiger partial charge < -0.3 is 24.7 Å². The van der Waals surface area contributed by atoms with Crippen molar-refractivity contribution in [2.75, 3.05) is 19.8 Å². The molecule has 0 aliphatic heterocycles. The fraction of sp³-hybridized carbons (Fsp3) is 0.242. The Balaban J connectivity index is 1.18. The Morgan fingerprint density at radius 3 is 2.00 bits per heavy atom. The molecule has 0 fully saturated rings. The molecule has 0 saturated carbocycles. The zero-order valence-electron chi connectivity index (χ0n) is 24.0. The summed E-state index contributed by atoms with van der Waals surface area (Å²) >= 11 is 0. The van der Waals surface area contributed by atoms with Gasteiger partial charge in [0.2, 0.25) is 11.8 Å². The molecule has 210 valence electrons. The minimum Gasteiger partial charge on any atom is -0.383 e. The summed E-state index contributed by atoms with van der Waals surface area (Å²) in [5.41, 5.74) is 12.1. The highest BCUT2D eigenvalue weighted by molar-refractivity contribution is 5.91. The summed E-state index contributed by atoms with van der Waals surface area (Å²) in [5, 5.41) is 2.31. The molecule has 0 radical (unpaired) electrons. The number of aromatic nitrogens is 3. The number of hydrogen-bond acceptors (Lipinski definition) is 4. The monoisotopic (exact) mass is 548 g/mol. The Kier molecular flexibility index (Phi) is 7.92. The second-order valence-corrected chi connectivity index (χ2v) is 10.6. The second kappa shape index (κ2) is 11.7. The van der Waals surface area contributed by atoms with E-state index in [1.165, 1.54) is 0 Å². The lowest BCUT2D eigenvalue weighted by Gasteiger charge is -2.18. The second-order valence-electron chi connectivity index (χ2n) is 10.6. The summed E-state index contributed by atoms with van der Waals surface area (Å²) in [5.74, 6) is 0.310. The normalized spacial score (nSPS) is 11.5. The molecule has 2 aromatic carbocycles. The summed E-state index contributed by atoms with van der Waals surface area (Å²) in [7, 11) is 7.64. The molecule has 5 rings (SSSR count). The van der Waals surface area contributed by atoms with Crippen LogP contribution in [-0.4, -0.2) is 49.8 Å². The molecule has 8 nitrogen and oxygen atoms in total. The lowest BCUT2D eigenvalue weighted by atomic mass is 10.1. The molecule has 0 saturated heterocycles. The van der Waals surface area contributed by atoms with E-state index in [1.807, 2.05) is 51.5 Å². The number of benzene rings is 2. The number of pyridine rings is 1. The Bertz CT molecular complexity index is 1760. The zero-order valence-corrected chi connectivity index (χ0v) is 24.0. The summed E-state index contributed by atoms with van der Waals surface area (Å²) in [6.45, 7) is 1.02. The third-order valence-corrected chi connectivity index (χ3v) is 7.75. The van der Waals surface area contributed by atoms with E-state index in [9.17, 15) is 9.59 Å². The van der Waals surface area contributed by atoms with E-state index < -0.39 is 0 Å². The van der Waals surface area contributed by atoms with E-state index in [-0.39, 0.29) is 11.8 Å². The van der Waals surface area contributed by atoms with Crippen molar-refractivity contribution >= 4 is 45.5 Å². The largest absolute Gasteiger partial charge is 0.383 e. The van der Waals surface area contributed by atoms with E-state index in [4.69, 9.17) is 5.73 Å². The smallest absolute Gasteiger partial charge is 0.246 e. The predicted octanol–water partition coefficient (Wildman–Crippen LogP) is 4.91. The molecule has 41 heavy (non-hydrogen) atoms. The van der Waals surface area contributed by atoms with Gasteiger partial charge in [0.15, 0.2) is 0 Å². The number of amides is 2. The van der Waals surface area contributed by atoms with Crippen LogP contribution in [0.1, 0.15) is 28.9 Å². The van der Waals surface area contributed by atoms with E-state index in [0.717, 1.165) is 44.3 Å². The van der Waals surface area contributed by atoms with E-state index in [2.05, 4.69) is 50.5 Å². The highest BCUT2D eigenvalue weighted by Gasteiger charge is 2.15. The molecule has 8 heteroatoms.